The first kappa shape index (κ1) is 27.0. The van der Waals surface area contributed by atoms with Gasteiger partial charge in [0.2, 0.25) is 5.13 Å². The predicted molar refractivity (Wildman–Crippen MR) is 133 cm³/mol. The first-order valence-electron chi connectivity index (χ1n) is 10.4. The number of allylic oxidation sites excluding steroid dienone is 2. The maximum Gasteiger partial charge on any atom is 0.208 e. The molecule has 2 N–H and O–H groups in total. The van der Waals surface area contributed by atoms with Crippen LogP contribution in [0, 0.1) is 11.6 Å². The zero-order chi connectivity index (χ0) is 26.5. The molecule has 10 heteroatoms. The highest BCUT2D eigenvalue weighted by molar-refractivity contribution is 6.35. The highest BCUT2D eigenvalue weighted by Crippen LogP contribution is 2.56. The first-order valence-corrected chi connectivity index (χ1v) is 11.9. The normalized spacial score (nSPS) is 21.3. The molecule has 0 bridgehead atoms. The summed E-state index contributed by atoms with van der Waals surface area (Å²) in [5.41, 5.74) is -7.85. The van der Waals surface area contributed by atoms with Crippen molar-refractivity contribution in [3.63, 3.8) is 0 Å². The molecule has 0 heterocycles. The third-order valence-corrected chi connectivity index (χ3v) is 7.13. The summed E-state index contributed by atoms with van der Waals surface area (Å²) in [5, 5.41) is 22.0. The largest absolute Gasteiger partial charge is 0.376 e. The Labute approximate surface area is 224 Å². The molecule has 0 saturated heterocycles. The average Bonchev–Trinajstić information content (AvgIpc) is 2.78. The second-order valence-electron chi connectivity index (χ2n) is 8.24. The third kappa shape index (κ3) is 4.44. The Morgan fingerprint density at radius 2 is 1.42 bits per heavy atom. The number of alkyl halides is 2. The lowest BCUT2D eigenvalue weighted by atomic mass is 9.65. The van der Waals surface area contributed by atoms with Gasteiger partial charge < -0.3 is 10.2 Å². The van der Waals surface area contributed by atoms with E-state index in [9.17, 15) is 19.0 Å². The molecule has 0 amide bonds. The minimum Gasteiger partial charge on any atom is -0.376 e. The van der Waals surface area contributed by atoms with Gasteiger partial charge in [-0.05, 0) is 36.4 Å². The van der Waals surface area contributed by atoms with Crippen molar-refractivity contribution in [3.05, 3.63) is 128 Å². The Morgan fingerprint density at radius 1 is 0.778 bits per heavy atom. The van der Waals surface area contributed by atoms with Crippen LogP contribution in [-0.4, -0.2) is 15.3 Å². The molecule has 188 valence electrons. The van der Waals surface area contributed by atoms with Gasteiger partial charge in [0.05, 0.1) is 6.42 Å². The van der Waals surface area contributed by atoms with Crippen LogP contribution in [0.15, 0.2) is 84.2 Å². The maximum absolute atomic E-state index is 15.5. The van der Waals surface area contributed by atoms with Gasteiger partial charge in [0.15, 0.2) is 11.2 Å². The molecule has 0 aliphatic heterocycles. The SMILES string of the molecule is OC(C1=C(F)CC(F)(Cl)C=C1)(c1ccc(Cl)cc1Cl)C(O)(c1ccc(F)cc1F)c1ccccc1Cl. The van der Waals surface area contributed by atoms with Gasteiger partial charge in [-0.25, -0.2) is 17.6 Å². The summed E-state index contributed by atoms with van der Waals surface area (Å²) in [6.07, 6.45) is 0.591. The second kappa shape index (κ2) is 9.67. The molecule has 36 heavy (non-hydrogen) atoms. The van der Waals surface area contributed by atoms with Crippen molar-refractivity contribution in [1.29, 1.82) is 0 Å². The van der Waals surface area contributed by atoms with Crippen molar-refractivity contribution >= 4 is 46.4 Å². The van der Waals surface area contributed by atoms with Gasteiger partial charge >= 0.3 is 0 Å². The molecule has 0 aromatic heterocycles. The lowest BCUT2D eigenvalue weighted by Gasteiger charge is -2.47. The molecule has 0 fully saturated rings. The Balaban J connectivity index is 2.20. The summed E-state index contributed by atoms with van der Waals surface area (Å²) >= 11 is 24.5. The fourth-order valence-electron chi connectivity index (χ4n) is 4.36. The number of hydrogen-bond acceptors (Lipinski definition) is 2. The van der Waals surface area contributed by atoms with Gasteiger partial charge in [-0.3, -0.25) is 0 Å². The molecule has 1 aliphatic rings. The smallest absolute Gasteiger partial charge is 0.208 e. The number of benzene rings is 3. The van der Waals surface area contributed by atoms with Crippen LogP contribution >= 0.6 is 46.4 Å². The summed E-state index contributed by atoms with van der Waals surface area (Å²) in [6.45, 7) is 0. The van der Waals surface area contributed by atoms with E-state index in [1.807, 2.05) is 0 Å². The van der Waals surface area contributed by atoms with Crippen molar-refractivity contribution in [3.8, 4) is 0 Å². The standard InChI is InChI=1S/C26H16Cl4F4O2/c27-14-5-7-17(21(29)11-14)26(36,19-9-10-24(30,34)13-23(19)33)25(35,16-3-1-2-4-20(16)28)18-8-6-15(31)12-22(18)32/h1-12,35-36H,13H2. The summed E-state index contributed by atoms with van der Waals surface area (Å²) in [4.78, 5) is 0. The van der Waals surface area contributed by atoms with Crippen molar-refractivity contribution in [2.24, 2.45) is 0 Å². The monoisotopic (exact) mass is 576 g/mol. The second-order valence-corrected chi connectivity index (χ2v) is 10.1. The zero-order valence-corrected chi connectivity index (χ0v) is 21.1. The molecule has 1 aliphatic carbocycles. The van der Waals surface area contributed by atoms with E-state index in [0.717, 1.165) is 24.3 Å². The van der Waals surface area contributed by atoms with Crippen LogP contribution in [0.4, 0.5) is 17.6 Å². The summed E-state index contributed by atoms with van der Waals surface area (Å²) in [6, 6.07) is 11.5. The van der Waals surface area contributed by atoms with E-state index in [0.29, 0.717) is 6.07 Å². The maximum atomic E-state index is 15.5. The number of hydrogen-bond donors (Lipinski definition) is 2. The van der Waals surface area contributed by atoms with E-state index in [1.165, 1.54) is 42.5 Å². The minimum atomic E-state index is -2.97. The zero-order valence-electron chi connectivity index (χ0n) is 18.1. The van der Waals surface area contributed by atoms with Crippen LogP contribution < -0.4 is 0 Å². The van der Waals surface area contributed by atoms with Gasteiger partial charge in [0.25, 0.3) is 0 Å². The van der Waals surface area contributed by atoms with Crippen LogP contribution in [0.3, 0.4) is 0 Å². The Morgan fingerprint density at radius 3 is 2.03 bits per heavy atom. The first-order chi connectivity index (χ1) is 16.8. The van der Waals surface area contributed by atoms with Crippen molar-refractivity contribution < 1.29 is 27.8 Å². The molecular weight excluding hydrogens is 562 g/mol. The number of aliphatic hydroxyl groups is 2. The third-order valence-electron chi connectivity index (χ3n) is 6.00. The molecule has 4 rings (SSSR count). The van der Waals surface area contributed by atoms with E-state index in [-0.39, 0.29) is 26.2 Å². The van der Waals surface area contributed by atoms with Gasteiger partial charge in [0.1, 0.15) is 17.5 Å². The van der Waals surface area contributed by atoms with Gasteiger partial charge in [0, 0.05) is 43.4 Å². The summed E-state index contributed by atoms with van der Waals surface area (Å²) < 4.78 is 59.2. The van der Waals surface area contributed by atoms with Crippen molar-refractivity contribution in [1.82, 2.24) is 0 Å². The van der Waals surface area contributed by atoms with E-state index in [2.05, 4.69) is 0 Å². The molecule has 0 radical (unpaired) electrons. The van der Waals surface area contributed by atoms with Gasteiger partial charge in [-0.2, -0.15) is 0 Å². The highest BCUT2D eigenvalue weighted by Gasteiger charge is 2.59. The van der Waals surface area contributed by atoms with Crippen molar-refractivity contribution in [2.75, 3.05) is 0 Å². The van der Waals surface area contributed by atoms with Crippen LogP contribution in [0.1, 0.15) is 23.1 Å². The van der Waals surface area contributed by atoms with E-state index in [4.69, 9.17) is 46.4 Å². The highest BCUT2D eigenvalue weighted by atomic mass is 35.5. The summed E-state index contributed by atoms with van der Waals surface area (Å²) in [7, 11) is 0. The molecule has 2 nitrogen and oxygen atoms in total. The fourth-order valence-corrected chi connectivity index (χ4v) is 5.36. The molecule has 3 atom stereocenters. The molecule has 3 unspecified atom stereocenters. The molecule has 3 aromatic rings. The van der Waals surface area contributed by atoms with E-state index >= 15 is 8.78 Å². The predicted octanol–water partition coefficient (Wildman–Crippen LogP) is 8.14. The Kier molecular flexibility index (Phi) is 7.25. The molecule has 0 saturated carbocycles. The van der Waals surface area contributed by atoms with Gasteiger partial charge in [-0.1, -0.05) is 76.7 Å². The van der Waals surface area contributed by atoms with Crippen LogP contribution in [0.25, 0.3) is 0 Å². The Hall–Kier alpha value is -2.06. The molecule has 3 aromatic carbocycles. The number of halogens is 8. The molecular formula is C26H16Cl4F4O2. The van der Waals surface area contributed by atoms with Crippen molar-refractivity contribution in [2.45, 2.75) is 22.8 Å². The molecule has 0 spiro atoms. The lowest BCUT2D eigenvalue weighted by Crippen LogP contribution is -2.53. The number of rotatable bonds is 5. The van der Waals surface area contributed by atoms with Gasteiger partial charge in [-0.15, -0.1) is 0 Å². The van der Waals surface area contributed by atoms with Crippen LogP contribution in [0.2, 0.25) is 15.1 Å². The summed E-state index contributed by atoms with van der Waals surface area (Å²) in [5.74, 6) is -3.51. The van der Waals surface area contributed by atoms with E-state index < -0.39 is 51.3 Å². The topological polar surface area (TPSA) is 40.5 Å². The average molecular weight is 578 g/mol. The van der Waals surface area contributed by atoms with Crippen LogP contribution in [0.5, 0.6) is 0 Å². The van der Waals surface area contributed by atoms with E-state index in [1.54, 1.807) is 0 Å². The lowest BCUT2D eigenvalue weighted by molar-refractivity contribution is -0.116. The fraction of sp³-hybridized carbons (Fsp3) is 0.154. The Bertz CT molecular complexity index is 1410. The minimum absolute atomic E-state index is 0.137. The van der Waals surface area contributed by atoms with Crippen LogP contribution in [-0.2, 0) is 11.2 Å². The quantitative estimate of drug-likeness (QED) is 0.237.